The maximum atomic E-state index is 12.5. The molecule has 0 spiro atoms. The molecule has 1 heterocycles. The molecule has 0 radical (unpaired) electrons. The molecular formula is C17H15Cl2N3O. The Balaban J connectivity index is 2.11. The molecule has 0 aliphatic carbocycles. The Morgan fingerprint density at radius 3 is 2.57 bits per heavy atom. The molecule has 2 aromatic rings. The van der Waals surface area contributed by atoms with E-state index < -0.39 is 5.54 Å². The number of nitrogens with zero attached hydrogens (tertiary/aromatic N) is 2. The van der Waals surface area contributed by atoms with E-state index in [4.69, 9.17) is 28.9 Å². The molecule has 23 heavy (non-hydrogen) atoms. The molecule has 1 atom stereocenters. The largest absolute Gasteiger partial charge is 0.369 e. The third-order valence-electron chi connectivity index (χ3n) is 4.07. The zero-order valence-electron chi connectivity index (χ0n) is 12.7. The minimum Gasteiger partial charge on any atom is -0.369 e. The lowest BCUT2D eigenvalue weighted by atomic mass is 9.89. The summed E-state index contributed by atoms with van der Waals surface area (Å²) >= 11 is 12.3. The van der Waals surface area contributed by atoms with Crippen molar-refractivity contribution < 1.29 is 4.79 Å². The summed E-state index contributed by atoms with van der Waals surface area (Å²) in [6.07, 6.45) is 0. The summed E-state index contributed by atoms with van der Waals surface area (Å²) < 4.78 is 0. The van der Waals surface area contributed by atoms with Crippen LogP contribution >= 0.6 is 23.2 Å². The van der Waals surface area contributed by atoms with Gasteiger partial charge in [0.1, 0.15) is 0 Å². The fourth-order valence-electron chi connectivity index (χ4n) is 2.68. The highest BCUT2D eigenvalue weighted by Crippen LogP contribution is 2.36. The molecule has 1 amide bonds. The smallest absolute Gasteiger partial charge is 0.261 e. The summed E-state index contributed by atoms with van der Waals surface area (Å²) in [5.41, 5.74) is 7.19. The normalized spacial score (nSPS) is 20.8. The van der Waals surface area contributed by atoms with Gasteiger partial charge in [0.15, 0.2) is 11.5 Å². The Morgan fingerprint density at radius 2 is 1.91 bits per heavy atom. The van der Waals surface area contributed by atoms with Crippen molar-refractivity contribution >= 4 is 35.1 Å². The van der Waals surface area contributed by atoms with Gasteiger partial charge in [-0.3, -0.25) is 9.69 Å². The van der Waals surface area contributed by atoms with Gasteiger partial charge >= 0.3 is 0 Å². The average Bonchev–Trinajstić information content (AvgIpc) is 2.74. The number of halogens is 2. The van der Waals surface area contributed by atoms with E-state index in [1.807, 2.05) is 24.3 Å². The minimum absolute atomic E-state index is 0.163. The number of carbonyl (C=O) groups excluding carboxylic acids is 1. The second kappa shape index (κ2) is 5.55. The molecule has 3 rings (SSSR count). The van der Waals surface area contributed by atoms with Crippen LogP contribution in [0.3, 0.4) is 0 Å². The van der Waals surface area contributed by atoms with Crippen LogP contribution in [0.1, 0.15) is 12.5 Å². The highest BCUT2D eigenvalue weighted by molar-refractivity contribution is 6.35. The molecule has 0 unspecified atom stereocenters. The van der Waals surface area contributed by atoms with Gasteiger partial charge < -0.3 is 5.73 Å². The number of carbonyl (C=O) groups is 1. The van der Waals surface area contributed by atoms with Crippen molar-refractivity contribution in [1.29, 1.82) is 0 Å². The highest BCUT2D eigenvalue weighted by Gasteiger charge is 2.43. The number of likely N-dealkylation sites (N-methyl/N-ethyl adjacent to an activating group) is 1. The van der Waals surface area contributed by atoms with Crippen LogP contribution in [0.4, 0.5) is 0 Å². The molecule has 6 heteroatoms. The van der Waals surface area contributed by atoms with E-state index in [1.54, 1.807) is 32.2 Å². The molecule has 0 fully saturated rings. The van der Waals surface area contributed by atoms with Crippen molar-refractivity contribution in [2.75, 3.05) is 7.05 Å². The predicted molar refractivity (Wildman–Crippen MR) is 93.6 cm³/mol. The summed E-state index contributed by atoms with van der Waals surface area (Å²) in [5, 5.41) is 1.19. The molecule has 0 aromatic heterocycles. The number of benzene rings is 2. The molecule has 1 aliphatic rings. The Bertz CT molecular complexity index is 834. The second-order valence-electron chi connectivity index (χ2n) is 5.61. The first-order valence-corrected chi connectivity index (χ1v) is 7.78. The summed E-state index contributed by atoms with van der Waals surface area (Å²) in [5.74, 6) is 0.0491. The van der Waals surface area contributed by atoms with E-state index in [0.29, 0.717) is 10.0 Å². The SMILES string of the molecule is CN1C(=O)[C@@](C)(c2cccc(-c3cc(Cl)ccc3Cl)c2)N=C1N. The summed E-state index contributed by atoms with van der Waals surface area (Å²) in [4.78, 5) is 18.2. The van der Waals surface area contributed by atoms with Gasteiger partial charge in [0.05, 0.1) is 0 Å². The number of guanidine groups is 1. The van der Waals surface area contributed by atoms with Crippen molar-refractivity contribution in [3.8, 4) is 11.1 Å². The minimum atomic E-state index is -1.03. The Labute approximate surface area is 144 Å². The first kappa shape index (κ1) is 15.8. The zero-order chi connectivity index (χ0) is 16.8. The van der Waals surface area contributed by atoms with E-state index in [1.165, 1.54) is 4.90 Å². The number of rotatable bonds is 2. The quantitative estimate of drug-likeness (QED) is 0.900. The van der Waals surface area contributed by atoms with E-state index in [-0.39, 0.29) is 11.9 Å². The number of nitrogens with two attached hydrogens (primary N) is 1. The molecule has 2 aromatic carbocycles. The molecule has 0 saturated carbocycles. The van der Waals surface area contributed by atoms with Gasteiger partial charge in [-0.2, -0.15) is 0 Å². The van der Waals surface area contributed by atoms with Crippen LogP contribution in [0.25, 0.3) is 11.1 Å². The molecule has 4 nitrogen and oxygen atoms in total. The molecule has 2 N–H and O–H groups in total. The monoisotopic (exact) mass is 347 g/mol. The summed E-state index contributed by atoms with van der Waals surface area (Å²) in [6.45, 7) is 1.75. The third kappa shape index (κ3) is 2.58. The van der Waals surface area contributed by atoms with E-state index in [9.17, 15) is 4.79 Å². The van der Waals surface area contributed by atoms with E-state index in [2.05, 4.69) is 4.99 Å². The van der Waals surface area contributed by atoms with E-state index in [0.717, 1.165) is 16.7 Å². The lowest BCUT2D eigenvalue weighted by Gasteiger charge is -2.21. The summed E-state index contributed by atoms with van der Waals surface area (Å²) in [7, 11) is 1.62. The molecule has 0 saturated heterocycles. The lowest BCUT2D eigenvalue weighted by molar-refractivity contribution is -0.130. The number of aliphatic imine (C=N–C) groups is 1. The maximum Gasteiger partial charge on any atom is 0.261 e. The fraction of sp³-hybridized carbons (Fsp3) is 0.176. The third-order valence-corrected chi connectivity index (χ3v) is 4.63. The lowest BCUT2D eigenvalue weighted by Crippen LogP contribution is -2.38. The van der Waals surface area contributed by atoms with Crippen LogP contribution in [-0.2, 0) is 10.3 Å². The van der Waals surface area contributed by atoms with Crippen molar-refractivity contribution in [3.63, 3.8) is 0 Å². The first-order valence-electron chi connectivity index (χ1n) is 7.02. The van der Waals surface area contributed by atoms with Crippen LogP contribution in [0.15, 0.2) is 47.5 Å². The van der Waals surface area contributed by atoms with Crippen LogP contribution in [-0.4, -0.2) is 23.8 Å². The van der Waals surface area contributed by atoms with Crippen LogP contribution < -0.4 is 5.73 Å². The van der Waals surface area contributed by atoms with Crippen molar-refractivity contribution in [2.45, 2.75) is 12.5 Å². The van der Waals surface area contributed by atoms with Gasteiger partial charge in [0.2, 0.25) is 0 Å². The van der Waals surface area contributed by atoms with Crippen LogP contribution in [0.2, 0.25) is 10.0 Å². The summed E-state index contributed by atoms with van der Waals surface area (Å²) in [6, 6.07) is 12.8. The van der Waals surface area contributed by atoms with E-state index >= 15 is 0 Å². The Morgan fingerprint density at radius 1 is 1.17 bits per heavy atom. The molecule has 1 aliphatic heterocycles. The van der Waals surface area contributed by atoms with Gasteiger partial charge in [0, 0.05) is 22.7 Å². The number of hydrogen-bond donors (Lipinski definition) is 1. The van der Waals surface area contributed by atoms with Gasteiger partial charge in [-0.1, -0.05) is 41.4 Å². The Hall–Kier alpha value is -2.04. The van der Waals surface area contributed by atoms with Crippen LogP contribution in [0.5, 0.6) is 0 Å². The average molecular weight is 348 g/mol. The van der Waals surface area contributed by atoms with Gasteiger partial charge in [-0.25, -0.2) is 4.99 Å². The fourth-order valence-corrected chi connectivity index (χ4v) is 3.08. The highest BCUT2D eigenvalue weighted by atomic mass is 35.5. The Kier molecular flexibility index (Phi) is 3.82. The van der Waals surface area contributed by atoms with Crippen molar-refractivity contribution in [1.82, 2.24) is 4.90 Å². The van der Waals surface area contributed by atoms with Gasteiger partial charge in [-0.05, 0) is 42.3 Å². The van der Waals surface area contributed by atoms with Crippen molar-refractivity contribution in [2.24, 2.45) is 10.7 Å². The molecule has 0 bridgehead atoms. The predicted octanol–water partition coefficient (Wildman–Crippen LogP) is 3.66. The van der Waals surface area contributed by atoms with Crippen molar-refractivity contribution in [3.05, 3.63) is 58.1 Å². The van der Waals surface area contributed by atoms with Gasteiger partial charge in [-0.15, -0.1) is 0 Å². The standard InChI is InChI=1S/C17H15Cl2N3O/c1-17(15(23)22(2)16(20)21-17)11-5-3-4-10(8-11)13-9-12(18)6-7-14(13)19/h3-9H,1-2H3,(H2,20,21)/t17-/m1/s1. The molecular weight excluding hydrogens is 333 g/mol. The second-order valence-corrected chi connectivity index (χ2v) is 6.45. The molecule has 118 valence electrons. The first-order chi connectivity index (χ1) is 10.8. The van der Waals surface area contributed by atoms with Crippen LogP contribution in [0, 0.1) is 0 Å². The maximum absolute atomic E-state index is 12.5. The van der Waals surface area contributed by atoms with Gasteiger partial charge in [0.25, 0.3) is 5.91 Å². The zero-order valence-corrected chi connectivity index (χ0v) is 14.2. The topological polar surface area (TPSA) is 58.7 Å². The number of hydrogen-bond acceptors (Lipinski definition) is 3. The number of amides is 1.